The van der Waals surface area contributed by atoms with E-state index in [4.69, 9.17) is 9.78 Å². The van der Waals surface area contributed by atoms with E-state index in [2.05, 4.69) is 10.1 Å². The Labute approximate surface area is 176 Å². The summed E-state index contributed by atoms with van der Waals surface area (Å²) in [5.41, 5.74) is -2.37. The van der Waals surface area contributed by atoms with Gasteiger partial charge in [-0.3, -0.25) is 4.79 Å². The van der Waals surface area contributed by atoms with E-state index in [-0.39, 0.29) is 11.4 Å². The van der Waals surface area contributed by atoms with Crippen LogP contribution in [0, 0.1) is 11.3 Å². The molecule has 0 aliphatic carbocycles. The van der Waals surface area contributed by atoms with Gasteiger partial charge in [-0.25, -0.2) is 0 Å². The minimum atomic E-state index is -4.95. The molecule has 166 valence electrons. The Bertz CT molecular complexity index is 1150. The zero-order valence-corrected chi connectivity index (χ0v) is 15.9. The lowest BCUT2D eigenvalue weighted by molar-refractivity contribution is -0.137. The fraction of sp³-hybridized carbons (Fsp3) is 0.200. The number of hydrogen-bond acceptors (Lipinski definition) is 6. The molecule has 0 bridgehead atoms. The van der Waals surface area contributed by atoms with Gasteiger partial charge >= 0.3 is 12.4 Å². The number of ketones is 1. The fourth-order valence-electron chi connectivity index (χ4n) is 2.81. The SMILES string of the molecule is N#Cc1ccc(N(Cc2noc(C(=O)c3ccccc3)n2)CC(F)(F)F)cc1C(F)(F)F. The smallest absolute Gasteiger partial charge is 0.355 e. The summed E-state index contributed by atoms with van der Waals surface area (Å²) < 4.78 is 83.8. The highest BCUT2D eigenvalue weighted by atomic mass is 19.4. The van der Waals surface area contributed by atoms with Crippen molar-refractivity contribution in [1.82, 2.24) is 10.1 Å². The van der Waals surface area contributed by atoms with Gasteiger partial charge in [-0.2, -0.15) is 36.6 Å². The summed E-state index contributed by atoms with van der Waals surface area (Å²) in [7, 11) is 0. The zero-order valence-electron chi connectivity index (χ0n) is 15.9. The highest BCUT2D eigenvalue weighted by Gasteiger charge is 2.36. The topological polar surface area (TPSA) is 83.0 Å². The first kappa shape index (κ1) is 22.8. The van der Waals surface area contributed by atoms with Crippen molar-refractivity contribution in [3.8, 4) is 6.07 Å². The van der Waals surface area contributed by atoms with E-state index in [1.807, 2.05) is 0 Å². The lowest BCUT2D eigenvalue weighted by atomic mass is 10.1. The molecule has 0 aliphatic rings. The Hall–Kier alpha value is -3.88. The molecule has 0 saturated heterocycles. The van der Waals surface area contributed by atoms with Crippen LogP contribution >= 0.6 is 0 Å². The second kappa shape index (κ2) is 8.70. The molecule has 1 heterocycles. The van der Waals surface area contributed by atoms with Crippen molar-refractivity contribution in [2.45, 2.75) is 18.9 Å². The van der Waals surface area contributed by atoms with E-state index in [9.17, 15) is 31.1 Å². The van der Waals surface area contributed by atoms with Crippen LogP contribution in [0.3, 0.4) is 0 Å². The van der Waals surface area contributed by atoms with Gasteiger partial charge in [0.1, 0.15) is 6.54 Å². The Morgan fingerprint density at radius 3 is 2.34 bits per heavy atom. The summed E-state index contributed by atoms with van der Waals surface area (Å²) in [6, 6.07) is 11.3. The lowest BCUT2D eigenvalue weighted by Crippen LogP contribution is -2.34. The number of rotatable bonds is 6. The monoisotopic (exact) mass is 454 g/mol. The Morgan fingerprint density at radius 2 is 1.75 bits per heavy atom. The van der Waals surface area contributed by atoms with Crippen molar-refractivity contribution in [1.29, 1.82) is 5.26 Å². The molecule has 3 aromatic rings. The first-order chi connectivity index (χ1) is 15.0. The van der Waals surface area contributed by atoms with Gasteiger partial charge in [-0.1, -0.05) is 35.5 Å². The van der Waals surface area contributed by atoms with Gasteiger partial charge in [0.15, 0.2) is 5.82 Å². The maximum absolute atomic E-state index is 13.2. The van der Waals surface area contributed by atoms with Gasteiger partial charge in [0, 0.05) is 11.3 Å². The molecule has 3 rings (SSSR count). The molecule has 6 nitrogen and oxygen atoms in total. The van der Waals surface area contributed by atoms with Crippen molar-refractivity contribution < 1.29 is 35.7 Å². The van der Waals surface area contributed by atoms with Crippen LogP contribution in [0.25, 0.3) is 0 Å². The summed E-state index contributed by atoms with van der Waals surface area (Å²) in [6.07, 6.45) is -9.73. The molecule has 0 N–H and O–H groups in total. The summed E-state index contributed by atoms with van der Waals surface area (Å²) in [4.78, 5) is 16.6. The van der Waals surface area contributed by atoms with Crippen LogP contribution in [-0.2, 0) is 12.7 Å². The van der Waals surface area contributed by atoms with E-state index < -0.39 is 53.9 Å². The van der Waals surface area contributed by atoms with Crippen molar-refractivity contribution in [3.63, 3.8) is 0 Å². The summed E-state index contributed by atoms with van der Waals surface area (Å²) in [5.74, 6) is -1.48. The van der Waals surface area contributed by atoms with E-state index >= 15 is 0 Å². The quantitative estimate of drug-likeness (QED) is 0.395. The Morgan fingerprint density at radius 1 is 1.06 bits per heavy atom. The van der Waals surface area contributed by atoms with Crippen LogP contribution < -0.4 is 4.90 Å². The highest BCUT2D eigenvalue weighted by Crippen LogP contribution is 2.35. The number of carbonyl (C=O) groups excluding carboxylic acids is 1. The maximum Gasteiger partial charge on any atom is 0.417 e. The molecule has 0 radical (unpaired) electrons. The first-order valence-corrected chi connectivity index (χ1v) is 8.83. The fourth-order valence-corrected chi connectivity index (χ4v) is 2.81. The van der Waals surface area contributed by atoms with Crippen molar-refractivity contribution in [2.24, 2.45) is 0 Å². The van der Waals surface area contributed by atoms with Gasteiger partial charge in [0.25, 0.3) is 11.7 Å². The molecule has 0 aliphatic heterocycles. The second-order valence-electron chi connectivity index (χ2n) is 6.52. The predicted octanol–water partition coefficient (Wildman–Crippen LogP) is 4.76. The van der Waals surface area contributed by atoms with Crippen molar-refractivity contribution >= 4 is 11.5 Å². The summed E-state index contributed by atoms with van der Waals surface area (Å²) in [5, 5.41) is 12.3. The number of aromatic nitrogens is 2. The third kappa shape index (κ3) is 5.42. The molecule has 12 heteroatoms. The van der Waals surface area contributed by atoms with Crippen LogP contribution in [0.5, 0.6) is 0 Å². The minimum absolute atomic E-state index is 0.205. The second-order valence-corrected chi connectivity index (χ2v) is 6.52. The molecule has 32 heavy (non-hydrogen) atoms. The number of alkyl halides is 6. The normalized spacial score (nSPS) is 11.8. The number of nitriles is 1. The molecule has 0 amide bonds. The van der Waals surface area contributed by atoms with Crippen LogP contribution in [0.4, 0.5) is 32.0 Å². The number of benzene rings is 2. The summed E-state index contributed by atoms with van der Waals surface area (Å²) in [6.45, 7) is -2.33. The standard InChI is InChI=1S/C20H12F6N4O2/c21-19(22,23)11-30(14-7-6-13(9-27)15(8-14)20(24,25)26)10-16-28-18(32-29-16)17(31)12-4-2-1-3-5-12/h1-8H,10-11H2. The first-order valence-electron chi connectivity index (χ1n) is 8.83. The molecular formula is C20H12F6N4O2. The van der Waals surface area contributed by atoms with E-state index in [0.29, 0.717) is 11.0 Å². The van der Waals surface area contributed by atoms with Gasteiger partial charge in [-0.15, -0.1) is 0 Å². The van der Waals surface area contributed by atoms with Crippen LogP contribution in [0.15, 0.2) is 53.1 Å². The van der Waals surface area contributed by atoms with Gasteiger partial charge in [0.2, 0.25) is 0 Å². The average molecular weight is 454 g/mol. The number of hydrogen-bond donors (Lipinski definition) is 0. The molecular weight excluding hydrogens is 442 g/mol. The van der Waals surface area contributed by atoms with Gasteiger partial charge in [-0.05, 0) is 18.2 Å². The molecule has 0 atom stereocenters. The Kier molecular flexibility index (Phi) is 6.20. The molecule has 0 saturated carbocycles. The molecule has 2 aromatic carbocycles. The van der Waals surface area contributed by atoms with Gasteiger partial charge < -0.3 is 9.42 Å². The van der Waals surface area contributed by atoms with E-state index in [0.717, 1.165) is 12.1 Å². The van der Waals surface area contributed by atoms with Crippen LogP contribution in [0.1, 0.15) is 33.2 Å². The minimum Gasteiger partial charge on any atom is -0.355 e. The number of halogens is 6. The maximum atomic E-state index is 13.2. The average Bonchev–Trinajstić information content (AvgIpc) is 3.20. The molecule has 0 unspecified atom stereocenters. The molecule has 0 spiro atoms. The van der Waals surface area contributed by atoms with Crippen LogP contribution in [0.2, 0.25) is 0 Å². The number of nitrogens with zero attached hydrogens (tertiary/aromatic N) is 4. The molecule has 0 fully saturated rings. The zero-order chi connectivity index (χ0) is 23.5. The van der Waals surface area contributed by atoms with Gasteiger partial charge in [0.05, 0.1) is 23.7 Å². The largest absolute Gasteiger partial charge is 0.417 e. The predicted molar refractivity (Wildman–Crippen MR) is 97.4 cm³/mol. The third-order valence-electron chi connectivity index (χ3n) is 4.19. The number of carbonyl (C=O) groups is 1. The van der Waals surface area contributed by atoms with Crippen molar-refractivity contribution in [3.05, 3.63) is 76.9 Å². The van der Waals surface area contributed by atoms with E-state index in [1.165, 1.54) is 18.2 Å². The van der Waals surface area contributed by atoms with E-state index in [1.54, 1.807) is 18.2 Å². The molecule has 1 aromatic heterocycles. The van der Waals surface area contributed by atoms with Crippen molar-refractivity contribution in [2.75, 3.05) is 11.4 Å². The third-order valence-corrected chi connectivity index (χ3v) is 4.19. The summed E-state index contributed by atoms with van der Waals surface area (Å²) >= 11 is 0. The highest BCUT2D eigenvalue weighted by molar-refractivity contribution is 6.05. The van der Waals surface area contributed by atoms with Crippen LogP contribution in [-0.4, -0.2) is 28.6 Å². The number of anilines is 1. The lowest BCUT2D eigenvalue weighted by Gasteiger charge is -2.25. The Balaban J connectivity index is 1.93.